The van der Waals surface area contributed by atoms with Gasteiger partial charge in [-0.05, 0) is 24.6 Å². The molecule has 1 aromatic rings. The fourth-order valence-corrected chi connectivity index (χ4v) is 1.60. The smallest absolute Gasteiger partial charge is 0.337 e. The number of aromatic carboxylic acids is 1. The third-order valence-corrected chi connectivity index (χ3v) is 3.02. The summed E-state index contributed by atoms with van der Waals surface area (Å²) in [5.41, 5.74) is 0.405. The standard InChI is InChI=1S/C12H14BrNO3/c1-3-7(2)11(15)14-10-5-4-8(13)6-9(10)12(16)17/h4-7H,3H2,1-2H3,(H,14,15)(H,16,17). The summed E-state index contributed by atoms with van der Waals surface area (Å²) in [6.07, 6.45) is 0.713. The molecule has 2 N–H and O–H groups in total. The fraction of sp³-hybridized carbons (Fsp3) is 0.333. The number of carbonyl (C=O) groups excluding carboxylic acids is 1. The molecule has 0 aliphatic heterocycles. The molecule has 0 aliphatic rings. The summed E-state index contributed by atoms with van der Waals surface area (Å²) in [5, 5.41) is 11.7. The molecule has 0 spiro atoms. The summed E-state index contributed by atoms with van der Waals surface area (Å²) in [6, 6.07) is 4.74. The van der Waals surface area contributed by atoms with E-state index < -0.39 is 5.97 Å². The molecule has 1 rings (SSSR count). The van der Waals surface area contributed by atoms with Crippen LogP contribution < -0.4 is 5.32 Å². The van der Waals surface area contributed by atoms with Crippen molar-refractivity contribution in [1.82, 2.24) is 0 Å². The predicted molar refractivity (Wildman–Crippen MR) is 69.2 cm³/mol. The van der Waals surface area contributed by atoms with Crippen LogP contribution in [-0.4, -0.2) is 17.0 Å². The Bertz CT molecular complexity index is 445. The summed E-state index contributed by atoms with van der Waals surface area (Å²) in [5.74, 6) is -1.37. The SMILES string of the molecule is CCC(C)C(=O)Nc1ccc(Br)cc1C(=O)O. The Balaban J connectivity index is 2.98. The number of carbonyl (C=O) groups is 2. The number of carboxylic acids is 1. The molecule has 5 heteroatoms. The Kier molecular flexibility index (Phi) is 4.69. The van der Waals surface area contributed by atoms with Crippen LogP contribution in [0.5, 0.6) is 0 Å². The van der Waals surface area contributed by atoms with Crippen molar-refractivity contribution < 1.29 is 14.7 Å². The van der Waals surface area contributed by atoms with E-state index in [1.165, 1.54) is 6.07 Å². The van der Waals surface area contributed by atoms with Gasteiger partial charge in [0.2, 0.25) is 5.91 Å². The summed E-state index contributed by atoms with van der Waals surface area (Å²) in [7, 11) is 0. The van der Waals surface area contributed by atoms with E-state index in [1.54, 1.807) is 19.1 Å². The van der Waals surface area contributed by atoms with Gasteiger partial charge in [-0.25, -0.2) is 4.79 Å². The molecule has 4 nitrogen and oxygen atoms in total. The lowest BCUT2D eigenvalue weighted by Crippen LogP contribution is -2.21. The monoisotopic (exact) mass is 299 g/mol. The van der Waals surface area contributed by atoms with Crippen molar-refractivity contribution in [3.63, 3.8) is 0 Å². The highest BCUT2D eigenvalue weighted by Gasteiger charge is 2.15. The van der Waals surface area contributed by atoms with Crippen LogP contribution in [0.4, 0.5) is 5.69 Å². The molecule has 1 unspecified atom stereocenters. The molecule has 0 aromatic heterocycles. The molecule has 0 saturated heterocycles. The number of hydrogen-bond acceptors (Lipinski definition) is 2. The molecular formula is C12H14BrNO3. The third-order valence-electron chi connectivity index (χ3n) is 2.53. The van der Waals surface area contributed by atoms with Crippen LogP contribution in [0, 0.1) is 5.92 Å². The minimum atomic E-state index is -1.06. The molecule has 0 bridgehead atoms. The lowest BCUT2D eigenvalue weighted by molar-refractivity contribution is -0.119. The maximum Gasteiger partial charge on any atom is 0.337 e. The van der Waals surface area contributed by atoms with Gasteiger partial charge < -0.3 is 10.4 Å². The normalized spacial score (nSPS) is 11.9. The average molecular weight is 300 g/mol. The van der Waals surface area contributed by atoms with Crippen molar-refractivity contribution in [1.29, 1.82) is 0 Å². The van der Waals surface area contributed by atoms with Gasteiger partial charge in [-0.15, -0.1) is 0 Å². The zero-order valence-corrected chi connectivity index (χ0v) is 11.2. The minimum absolute atomic E-state index is 0.0797. The lowest BCUT2D eigenvalue weighted by Gasteiger charge is -2.12. The van der Waals surface area contributed by atoms with Crippen molar-refractivity contribution in [2.45, 2.75) is 20.3 Å². The highest BCUT2D eigenvalue weighted by molar-refractivity contribution is 9.10. The summed E-state index contributed by atoms with van der Waals surface area (Å²) >= 11 is 3.20. The molecule has 0 radical (unpaired) electrons. The zero-order chi connectivity index (χ0) is 13.0. The largest absolute Gasteiger partial charge is 0.478 e. The van der Waals surface area contributed by atoms with Crippen molar-refractivity contribution in [2.75, 3.05) is 5.32 Å². The molecule has 92 valence electrons. The number of anilines is 1. The Morgan fingerprint density at radius 2 is 2.12 bits per heavy atom. The topological polar surface area (TPSA) is 66.4 Å². The zero-order valence-electron chi connectivity index (χ0n) is 9.66. The van der Waals surface area contributed by atoms with Gasteiger partial charge in [0.15, 0.2) is 0 Å². The van der Waals surface area contributed by atoms with Crippen LogP contribution in [0.2, 0.25) is 0 Å². The third kappa shape index (κ3) is 3.56. The minimum Gasteiger partial charge on any atom is -0.478 e. The van der Waals surface area contributed by atoms with E-state index in [9.17, 15) is 9.59 Å². The van der Waals surface area contributed by atoms with Crippen LogP contribution in [0.3, 0.4) is 0 Å². The number of halogens is 1. The molecule has 0 heterocycles. The first-order valence-corrected chi connectivity index (χ1v) is 6.08. The molecule has 1 aromatic carbocycles. The Morgan fingerprint density at radius 3 is 2.65 bits per heavy atom. The van der Waals surface area contributed by atoms with E-state index in [1.807, 2.05) is 6.92 Å². The van der Waals surface area contributed by atoms with Gasteiger partial charge in [-0.3, -0.25) is 4.79 Å². The number of rotatable bonds is 4. The maximum atomic E-state index is 11.7. The van der Waals surface area contributed by atoms with Crippen LogP contribution >= 0.6 is 15.9 Å². The Morgan fingerprint density at radius 1 is 1.47 bits per heavy atom. The van der Waals surface area contributed by atoms with Gasteiger partial charge in [0, 0.05) is 10.4 Å². The average Bonchev–Trinajstić information content (AvgIpc) is 2.29. The van der Waals surface area contributed by atoms with E-state index in [-0.39, 0.29) is 17.4 Å². The van der Waals surface area contributed by atoms with E-state index in [0.29, 0.717) is 16.6 Å². The number of carboxylic acid groups (broad SMARTS) is 1. The molecule has 1 amide bonds. The van der Waals surface area contributed by atoms with Gasteiger partial charge in [0.05, 0.1) is 11.3 Å². The van der Waals surface area contributed by atoms with Crippen LogP contribution in [0.15, 0.2) is 22.7 Å². The summed E-state index contributed by atoms with van der Waals surface area (Å²) < 4.78 is 0.663. The van der Waals surface area contributed by atoms with Gasteiger partial charge in [0.1, 0.15) is 0 Å². The number of nitrogens with one attached hydrogen (secondary N) is 1. The first kappa shape index (κ1) is 13.7. The van der Waals surface area contributed by atoms with Gasteiger partial charge in [-0.2, -0.15) is 0 Å². The molecular weight excluding hydrogens is 286 g/mol. The molecule has 0 aliphatic carbocycles. The van der Waals surface area contributed by atoms with Crippen LogP contribution in [-0.2, 0) is 4.79 Å². The Hall–Kier alpha value is -1.36. The van der Waals surface area contributed by atoms with E-state index in [0.717, 1.165) is 0 Å². The van der Waals surface area contributed by atoms with Crippen molar-refractivity contribution in [3.8, 4) is 0 Å². The van der Waals surface area contributed by atoms with E-state index in [2.05, 4.69) is 21.2 Å². The van der Waals surface area contributed by atoms with Gasteiger partial charge in [-0.1, -0.05) is 29.8 Å². The predicted octanol–water partition coefficient (Wildman–Crippen LogP) is 3.13. The van der Waals surface area contributed by atoms with Crippen molar-refractivity contribution in [3.05, 3.63) is 28.2 Å². The van der Waals surface area contributed by atoms with Gasteiger partial charge in [0.25, 0.3) is 0 Å². The first-order valence-electron chi connectivity index (χ1n) is 5.29. The lowest BCUT2D eigenvalue weighted by atomic mass is 10.1. The number of benzene rings is 1. The number of amides is 1. The highest BCUT2D eigenvalue weighted by Crippen LogP contribution is 2.22. The molecule has 0 saturated carbocycles. The van der Waals surface area contributed by atoms with Crippen molar-refractivity contribution >= 4 is 33.5 Å². The van der Waals surface area contributed by atoms with E-state index >= 15 is 0 Å². The maximum absolute atomic E-state index is 11.7. The van der Waals surface area contributed by atoms with Crippen LogP contribution in [0.1, 0.15) is 30.6 Å². The second kappa shape index (κ2) is 5.82. The fourth-order valence-electron chi connectivity index (χ4n) is 1.24. The second-order valence-corrected chi connectivity index (χ2v) is 4.71. The molecule has 0 fully saturated rings. The molecule has 17 heavy (non-hydrogen) atoms. The second-order valence-electron chi connectivity index (χ2n) is 3.79. The first-order chi connectivity index (χ1) is 7.95. The summed E-state index contributed by atoms with van der Waals surface area (Å²) in [4.78, 5) is 22.7. The molecule has 1 atom stereocenters. The Labute approximate surface area is 108 Å². The van der Waals surface area contributed by atoms with Gasteiger partial charge >= 0.3 is 5.97 Å². The highest BCUT2D eigenvalue weighted by atomic mass is 79.9. The quantitative estimate of drug-likeness (QED) is 0.897. The number of hydrogen-bond donors (Lipinski definition) is 2. The van der Waals surface area contributed by atoms with Crippen LogP contribution in [0.25, 0.3) is 0 Å². The van der Waals surface area contributed by atoms with E-state index in [4.69, 9.17) is 5.11 Å². The van der Waals surface area contributed by atoms with Crippen molar-refractivity contribution in [2.24, 2.45) is 5.92 Å². The summed E-state index contributed by atoms with van der Waals surface area (Å²) in [6.45, 7) is 3.71.